The van der Waals surface area contributed by atoms with Crippen LogP contribution in [-0.4, -0.2) is 37.1 Å². The minimum absolute atomic E-state index is 0.135. The monoisotopic (exact) mass is 772 g/mol. The van der Waals surface area contributed by atoms with E-state index in [1.54, 1.807) is 0 Å². The Morgan fingerprint density at radius 3 is 1.22 bits per heavy atom. The van der Waals surface area contributed by atoms with Crippen LogP contribution in [0.25, 0.3) is 43.1 Å². The van der Waals surface area contributed by atoms with Crippen molar-refractivity contribution in [2.75, 3.05) is 13.1 Å². The molecule has 0 fully saturated rings. The predicted octanol–water partition coefficient (Wildman–Crippen LogP) is 9.61. The Labute approximate surface area is 304 Å². The highest BCUT2D eigenvalue weighted by Crippen LogP contribution is 2.34. The van der Waals surface area contributed by atoms with E-state index in [2.05, 4.69) is 45.4 Å². The first kappa shape index (κ1) is 33.4. The molecule has 0 saturated heterocycles. The minimum Gasteiger partial charge on any atom is -0.488 e. The van der Waals surface area contributed by atoms with Crippen molar-refractivity contribution in [3.63, 3.8) is 0 Å². The molecule has 2 N–H and O–H groups in total. The second kappa shape index (κ2) is 14.4. The van der Waals surface area contributed by atoms with E-state index >= 15 is 0 Å². The van der Waals surface area contributed by atoms with Crippen molar-refractivity contribution in [1.82, 2.24) is 10.6 Å². The van der Waals surface area contributed by atoms with E-state index < -0.39 is 0 Å². The molecule has 2 amide bonds. The van der Waals surface area contributed by atoms with Gasteiger partial charge in [0.05, 0.1) is 27.8 Å². The number of aryl methyl sites for hydroxylation is 1. The maximum atomic E-state index is 13.6. The highest BCUT2D eigenvalue weighted by molar-refractivity contribution is 14.1. The fourth-order valence-electron chi connectivity index (χ4n) is 6.56. The third-order valence-corrected chi connectivity index (χ3v) is 9.97. The topological polar surface area (TPSA) is 76.7 Å². The summed E-state index contributed by atoms with van der Waals surface area (Å²) in [5, 5.41) is 14.0. The van der Waals surface area contributed by atoms with Crippen molar-refractivity contribution in [3.05, 3.63) is 142 Å². The lowest BCUT2D eigenvalue weighted by molar-refractivity contribution is 0.0930. The third-order valence-electron chi connectivity index (χ3n) is 8.90. The summed E-state index contributed by atoms with van der Waals surface area (Å²) in [5.41, 5.74) is 2.32. The van der Waals surface area contributed by atoms with Crippen LogP contribution in [0.3, 0.4) is 0 Å². The van der Waals surface area contributed by atoms with Gasteiger partial charge in [0, 0.05) is 0 Å². The molecule has 7 heteroatoms. The zero-order valence-electron chi connectivity index (χ0n) is 28.1. The number of amides is 2. The van der Waals surface area contributed by atoms with Gasteiger partial charge in [-0.3, -0.25) is 9.59 Å². The molecule has 0 aliphatic heterocycles. The molecular weight excluding hydrogens is 735 g/mol. The van der Waals surface area contributed by atoms with Crippen LogP contribution < -0.4 is 20.1 Å². The standard InChI is InChI=1S/C43H37IN2O4/c1-26-20-37(49-27(2)24-45-42(47)39-33-16-8-4-12-29(33)22-30-13-5-9-17-34(30)39)41(44)38(21-26)50-28(3)25-46-43(48)40-35-18-10-6-14-31(35)23-32-15-7-11-19-36(32)40/h4-23,27-28H,24-25H2,1-3H3,(H,45,47)(H,46,48)/t27-,28-/m0/s1. The lowest BCUT2D eigenvalue weighted by Gasteiger charge is -2.21. The van der Waals surface area contributed by atoms with Gasteiger partial charge in [0.2, 0.25) is 0 Å². The smallest absolute Gasteiger partial charge is 0.252 e. The second-order valence-electron chi connectivity index (χ2n) is 12.7. The van der Waals surface area contributed by atoms with E-state index in [1.807, 2.05) is 130 Å². The predicted molar refractivity (Wildman–Crippen MR) is 212 cm³/mol. The Bertz CT molecular complexity index is 2130. The SMILES string of the molecule is Cc1cc(O[C@@H](C)CNC(=O)c2c3ccccc3cc3ccccc23)c(I)c(O[C@@H](C)CNC(=O)c2c3ccccc3cc3ccccc23)c1. The summed E-state index contributed by atoms with van der Waals surface area (Å²) in [7, 11) is 0. The summed E-state index contributed by atoms with van der Waals surface area (Å²) < 4.78 is 13.6. The number of halogens is 1. The van der Waals surface area contributed by atoms with Crippen LogP contribution in [0.5, 0.6) is 11.5 Å². The van der Waals surface area contributed by atoms with Gasteiger partial charge >= 0.3 is 0 Å². The van der Waals surface area contributed by atoms with E-state index in [0.29, 0.717) is 35.7 Å². The molecule has 0 bridgehead atoms. The van der Waals surface area contributed by atoms with E-state index in [0.717, 1.165) is 52.2 Å². The van der Waals surface area contributed by atoms with Crippen LogP contribution in [0.4, 0.5) is 0 Å². The summed E-state index contributed by atoms with van der Waals surface area (Å²) in [5.74, 6) is 1.08. The second-order valence-corrected chi connectivity index (χ2v) is 13.8. The van der Waals surface area contributed by atoms with Crippen molar-refractivity contribution in [2.45, 2.75) is 33.0 Å². The number of hydrogen-bond donors (Lipinski definition) is 2. The quantitative estimate of drug-likeness (QED) is 0.107. The Balaban J connectivity index is 1.02. The summed E-state index contributed by atoms with van der Waals surface area (Å²) in [4.78, 5) is 27.3. The molecule has 7 rings (SSSR count). The van der Waals surface area contributed by atoms with Gasteiger partial charge in [-0.2, -0.15) is 0 Å². The van der Waals surface area contributed by atoms with Crippen LogP contribution in [0, 0.1) is 10.5 Å². The summed E-state index contributed by atoms with van der Waals surface area (Å²) in [6, 6.07) is 40.1. The number of nitrogens with one attached hydrogen (secondary N) is 2. The molecule has 0 saturated carbocycles. The van der Waals surface area contributed by atoms with E-state index in [1.165, 1.54) is 0 Å². The molecule has 2 atom stereocenters. The lowest BCUT2D eigenvalue weighted by Crippen LogP contribution is -2.34. The average molecular weight is 773 g/mol. The highest BCUT2D eigenvalue weighted by atomic mass is 127. The van der Waals surface area contributed by atoms with Gasteiger partial charge in [0.15, 0.2) is 0 Å². The van der Waals surface area contributed by atoms with Gasteiger partial charge in [-0.15, -0.1) is 0 Å². The normalized spacial score (nSPS) is 12.6. The van der Waals surface area contributed by atoms with Gasteiger partial charge in [-0.1, -0.05) is 97.1 Å². The van der Waals surface area contributed by atoms with Crippen molar-refractivity contribution < 1.29 is 19.1 Å². The zero-order chi connectivity index (χ0) is 34.8. The van der Waals surface area contributed by atoms with E-state index in [-0.39, 0.29) is 24.0 Å². The van der Waals surface area contributed by atoms with Gasteiger partial charge in [-0.05, 0) is 116 Å². The molecule has 0 aliphatic carbocycles. The summed E-state index contributed by atoms with van der Waals surface area (Å²) in [6.07, 6.45) is -0.619. The lowest BCUT2D eigenvalue weighted by atomic mass is 9.96. The Morgan fingerprint density at radius 2 is 0.880 bits per heavy atom. The molecular formula is C43H37IN2O4. The average Bonchev–Trinajstić information content (AvgIpc) is 3.12. The van der Waals surface area contributed by atoms with E-state index in [9.17, 15) is 9.59 Å². The minimum atomic E-state index is -0.310. The first-order chi connectivity index (χ1) is 24.3. The number of ether oxygens (including phenoxy) is 2. The van der Waals surface area contributed by atoms with Crippen molar-refractivity contribution in [1.29, 1.82) is 0 Å². The van der Waals surface area contributed by atoms with Gasteiger partial charge in [0.25, 0.3) is 11.8 Å². The third kappa shape index (κ3) is 6.83. The van der Waals surface area contributed by atoms with Crippen LogP contribution in [0.15, 0.2) is 121 Å². The van der Waals surface area contributed by atoms with Crippen LogP contribution >= 0.6 is 22.6 Å². The molecule has 0 unspecified atom stereocenters. The zero-order valence-corrected chi connectivity index (χ0v) is 30.3. The molecule has 7 aromatic carbocycles. The molecule has 0 spiro atoms. The largest absolute Gasteiger partial charge is 0.488 e. The first-order valence-corrected chi connectivity index (χ1v) is 17.9. The Hall–Kier alpha value is -5.15. The molecule has 6 nitrogen and oxygen atoms in total. The maximum absolute atomic E-state index is 13.6. The highest BCUT2D eigenvalue weighted by Gasteiger charge is 2.20. The van der Waals surface area contributed by atoms with Crippen molar-refractivity contribution in [3.8, 4) is 11.5 Å². The van der Waals surface area contributed by atoms with Crippen LogP contribution in [0.1, 0.15) is 40.1 Å². The number of carbonyl (C=O) groups excluding carboxylic acids is 2. The van der Waals surface area contributed by atoms with Gasteiger partial charge in [-0.25, -0.2) is 0 Å². The summed E-state index contributed by atoms with van der Waals surface area (Å²) in [6.45, 7) is 6.51. The number of hydrogen-bond acceptors (Lipinski definition) is 4. The Morgan fingerprint density at radius 1 is 0.560 bits per heavy atom. The van der Waals surface area contributed by atoms with Crippen molar-refractivity contribution in [2.24, 2.45) is 0 Å². The van der Waals surface area contributed by atoms with Crippen molar-refractivity contribution >= 4 is 77.5 Å². The van der Waals surface area contributed by atoms with E-state index in [4.69, 9.17) is 9.47 Å². The molecule has 0 aliphatic rings. The fraction of sp³-hybridized carbons (Fsp3) is 0.163. The molecule has 0 radical (unpaired) electrons. The number of fused-ring (bicyclic) bond motifs is 4. The van der Waals surface area contributed by atoms with Crippen LogP contribution in [0.2, 0.25) is 0 Å². The molecule has 50 heavy (non-hydrogen) atoms. The molecule has 250 valence electrons. The maximum Gasteiger partial charge on any atom is 0.252 e. The van der Waals surface area contributed by atoms with Gasteiger partial charge in [0.1, 0.15) is 23.7 Å². The Kier molecular flexibility index (Phi) is 9.59. The number of carbonyl (C=O) groups is 2. The molecule has 7 aromatic rings. The fourth-order valence-corrected chi connectivity index (χ4v) is 7.12. The number of benzene rings is 7. The first-order valence-electron chi connectivity index (χ1n) is 16.8. The molecule has 0 aromatic heterocycles. The molecule has 0 heterocycles. The van der Waals surface area contributed by atoms with Gasteiger partial charge < -0.3 is 20.1 Å². The van der Waals surface area contributed by atoms with Crippen LogP contribution in [-0.2, 0) is 0 Å². The summed E-state index contributed by atoms with van der Waals surface area (Å²) >= 11 is 2.24. The number of rotatable bonds is 10.